The van der Waals surface area contributed by atoms with Gasteiger partial charge in [-0.2, -0.15) is 13.2 Å². The lowest BCUT2D eigenvalue weighted by atomic mass is 10.1. The zero-order valence-corrected chi connectivity index (χ0v) is 10.0. The van der Waals surface area contributed by atoms with Gasteiger partial charge in [-0.05, 0) is 34.5 Å². The van der Waals surface area contributed by atoms with Crippen molar-refractivity contribution in [1.82, 2.24) is 5.43 Å². The Morgan fingerprint density at radius 2 is 2.13 bits per heavy atom. The minimum absolute atomic E-state index is 0.0487. The van der Waals surface area contributed by atoms with Gasteiger partial charge >= 0.3 is 6.18 Å². The fourth-order valence-electron chi connectivity index (χ4n) is 1.13. The van der Waals surface area contributed by atoms with Gasteiger partial charge < -0.3 is 0 Å². The zero-order chi connectivity index (χ0) is 11.5. The van der Waals surface area contributed by atoms with Crippen molar-refractivity contribution in [2.45, 2.75) is 25.1 Å². The highest BCUT2D eigenvalue weighted by Gasteiger charge is 2.28. The Labute approximate surface area is 97.8 Å². The first kappa shape index (κ1) is 13.0. The van der Waals surface area contributed by atoms with Gasteiger partial charge in [-0.25, -0.2) is 0 Å². The van der Waals surface area contributed by atoms with E-state index in [0.29, 0.717) is 0 Å². The lowest BCUT2D eigenvalue weighted by molar-refractivity contribution is -0.136. The van der Waals surface area contributed by atoms with E-state index < -0.39 is 18.6 Å². The van der Waals surface area contributed by atoms with Crippen molar-refractivity contribution in [1.29, 1.82) is 0 Å². The predicted octanol–water partition coefficient (Wildman–Crippen LogP) is 3.36. The number of nitrogens with two attached hydrogens (primary N) is 1. The summed E-state index contributed by atoms with van der Waals surface area (Å²) < 4.78 is 36.9. The van der Waals surface area contributed by atoms with Crippen LogP contribution in [0.4, 0.5) is 13.2 Å². The molecule has 86 valence electrons. The molecule has 0 amide bonds. The van der Waals surface area contributed by atoms with Crippen LogP contribution in [0.15, 0.2) is 15.9 Å². The summed E-state index contributed by atoms with van der Waals surface area (Å²) in [5.74, 6) is 5.22. The van der Waals surface area contributed by atoms with Gasteiger partial charge in [0.25, 0.3) is 0 Å². The Morgan fingerprint density at radius 1 is 1.47 bits per heavy atom. The Bertz CT molecular complexity index is 313. The lowest BCUT2D eigenvalue weighted by Gasteiger charge is -2.15. The minimum Gasteiger partial charge on any atom is -0.271 e. The SMILES string of the molecule is NNC(CCC(F)(F)F)c1ccc(Br)s1. The second-order valence-corrected chi connectivity index (χ2v) is 5.51. The highest BCUT2D eigenvalue weighted by atomic mass is 79.9. The summed E-state index contributed by atoms with van der Waals surface area (Å²) >= 11 is 4.63. The molecule has 0 aliphatic heterocycles. The van der Waals surface area contributed by atoms with E-state index in [2.05, 4.69) is 21.4 Å². The highest BCUT2D eigenvalue weighted by molar-refractivity contribution is 9.11. The predicted molar refractivity (Wildman–Crippen MR) is 57.4 cm³/mol. The Morgan fingerprint density at radius 3 is 2.53 bits per heavy atom. The van der Waals surface area contributed by atoms with Gasteiger partial charge in [-0.1, -0.05) is 0 Å². The summed E-state index contributed by atoms with van der Waals surface area (Å²) in [6, 6.07) is 3.11. The fraction of sp³-hybridized carbons (Fsp3) is 0.500. The molecule has 0 saturated carbocycles. The molecule has 0 spiro atoms. The van der Waals surface area contributed by atoms with E-state index in [1.54, 1.807) is 12.1 Å². The number of hydrogen-bond acceptors (Lipinski definition) is 3. The molecule has 1 unspecified atom stereocenters. The first-order valence-electron chi connectivity index (χ1n) is 4.20. The minimum atomic E-state index is -4.14. The fourth-order valence-corrected chi connectivity index (χ4v) is 2.65. The molecule has 0 radical (unpaired) electrons. The molecule has 1 aromatic rings. The number of hydrazine groups is 1. The summed E-state index contributed by atoms with van der Waals surface area (Å²) in [6.07, 6.45) is -5.02. The smallest absolute Gasteiger partial charge is 0.271 e. The van der Waals surface area contributed by atoms with Crippen LogP contribution in [0.3, 0.4) is 0 Å². The quantitative estimate of drug-likeness (QED) is 0.661. The molecule has 0 aromatic carbocycles. The maximum atomic E-state index is 12.0. The normalized spacial score (nSPS) is 14.2. The highest BCUT2D eigenvalue weighted by Crippen LogP contribution is 2.32. The number of hydrogen-bond donors (Lipinski definition) is 2. The van der Waals surface area contributed by atoms with E-state index in [4.69, 9.17) is 5.84 Å². The van der Waals surface area contributed by atoms with E-state index in [1.165, 1.54) is 11.3 Å². The van der Waals surface area contributed by atoms with Crippen molar-refractivity contribution in [3.63, 3.8) is 0 Å². The molecular weight excluding hydrogens is 293 g/mol. The first-order chi connectivity index (χ1) is 6.92. The van der Waals surface area contributed by atoms with Crippen molar-refractivity contribution in [2.24, 2.45) is 5.84 Å². The van der Waals surface area contributed by atoms with Crippen molar-refractivity contribution in [2.75, 3.05) is 0 Å². The van der Waals surface area contributed by atoms with Crippen LogP contribution in [0.25, 0.3) is 0 Å². The average Bonchev–Trinajstić information content (AvgIpc) is 2.51. The van der Waals surface area contributed by atoms with Gasteiger partial charge in [0.15, 0.2) is 0 Å². The third-order valence-electron chi connectivity index (χ3n) is 1.86. The van der Waals surface area contributed by atoms with E-state index in [9.17, 15) is 13.2 Å². The van der Waals surface area contributed by atoms with Crippen LogP contribution in [0.5, 0.6) is 0 Å². The summed E-state index contributed by atoms with van der Waals surface area (Å²) in [5, 5.41) is 0. The lowest BCUT2D eigenvalue weighted by Crippen LogP contribution is -2.28. The topological polar surface area (TPSA) is 38.0 Å². The number of halogens is 4. The van der Waals surface area contributed by atoms with Gasteiger partial charge in [0.1, 0.15) is 0 Å². The molecule has 1 heterocycles. The van der Waals surface area contributed by atoms with Crippen LogP contribution in [-0.2, 0) is 0 Å². The Balaban J connectivity index is 2.57. The number of alkyl halides is 3. The van der Waals surface area contributed by atoms with Gasteiger partial charge in [-0.3, -0.25) is 11.3 Å². The van der Waals surface area contributed by atoms with Crippen LogP contribution in [0.1, 0.15) is 23.8 Å². The number of nitrogens with one attached hydrogen (secondary N) is 1. The standard InChI is InChI=1S/C8H10BrF3N2S/c9-7-2-1-6(15-7)5(14-13)3-4-8(10,11)12/h1-2,5,14H,3-4,13H2. The maximum Gasteiger partial charge on any atom is 0.389 e. The van der Waals surface area contributed by atoms with E-state index >= 15 is 0 Å². The number of rotatable bonds is 4. The molecule has 0 fully saturated rings. The van der Waals surface area contributed by atoms with Crippen LogP contribution >= 0.6 is 27.3 Å². The molecule has 0 aliphatic rings. The van der Waals surface area contributed by atoms with Crippen LogP contribution < -0.4 is 11.3 Å². The molecule has 3 N–H and O–H groups in total. The Hall–Kier alpha value is -0.110. The van der Waals surface area contributed by atoms with Gasteiger partial charge in [-0.15, -0.1) is 11.3 Å². The summed E-state index contributed by atoms with van der Waals surface area (Å²) in [7, 11) is 0. The van der Waals surface area contributed by atoms with Crippen LogP contribution in [0, 0.1) is 0 Å². The largest absolute Gasteiger partial charge is 0.389 e. The average molecular weight is 303 g/mol. The molecular formula is C8H10BrF3N2S. The summed E-state index contributed by atoms with van der Waals surface area (Å²) in [5.41, 5.74) is 2.39. The first-order valence-corrected chi connectivity index (χ1v) is 5.81. The Kier molecular flexibility index (Phi) is 4.57. The summed E-state index contributed by atoms with van der Waals surface area (Å²) in [6.45, 7) is 0. The third-order valence-corrected chi connectivity index (χ3v) is 3.59. The monoisotopic (exact) mass is 302 g/mol. The molecule has 1 atom stereocenters. The van der Waals surface area contributed by atoms with E-state index in [0.717, 1.165) is 8.66 Å². The molecule has 2 nitrogen and oxygen atoms in total. The molecule has 15 heavy (non-hydrogen) atoms. The van der Waals surface area contributed by atoms with Gasteiger partial charge in [0.2, 0.25) is 0 Å². The molecule has 7 heteroatoms. The van der Waals surface area contributed by atoms with Crippen molar-refractivity contribution < 1.29 is 13.2 Å². The van der Waals surface area contributed by atoms with Gasteiger partial charge in [0.05, 0.1) is 9.83 Å². The second-order valence-electron chi connectivity index (χ2n) is 3.01. The molecule has 1 aromatic heterocycles. The van der Waals surface area contributed by atoms with Crippen LogP contribution in [0.2, 0.25) is 0 Å². The van der Waals surface area contributed by atoms with Crippen molar-refractivity contribution in [3.05, 3.63) is 20.8 Å². The number of thiophene rings is 1. The third kappa shape index (κ3) is 4.50. The van der Waals surface area contributed by atoms with Gasteiger partial charge in [0, 0.05) is 11.3 Å². The van der Waals surface area contributed by atoms with E-state index in [1.807, 2.05) is 0 Å². The van der Waals surface area contributed by atoms with Crippen LogP contribution in [-0.4, -0.2) is 6.18 Å². The molecule has 0 bridgehead atoms. The van der Waals surface area contributed by atoms with Crippen molar-refractivity contribution >= 4 is 27.3 Å². The molecule has 0 saturated heterocycles. The van der Waals surface area contributed by atoms with Crippen molar-refractivity contribution in [3.8, 4) is 0 Å². The zero-order valence-electron chi connectivity index (χ0n) is 7.64. The second kappa shape index (κ2) is 5.29. The molecule has 0 aliphatic carbocycles. The van der Waals surface area contributed by atoms with E-state index in [-0.39, 0.29) is 6.42 Å². The summed E-state index contributed by atoms with van der Waals surface area (Å²) in [4.78, 5) is 0.800. The maximum absolute atomic E-state index is 12.0. The molecule has 1 rings (SSSR count).